The molecule has 2 aliphatic rings. The molecule has 2 unspecified atom stereocenters. The van der Waals surface area contributed by atoms with Gasteiger partial charge in [-0.1, -0.05) is 70.7 Å². The molecule has 4 aromatic rings. The zero-order valence-corrected chi connectivity index (χ0v) is 43.4. The number of hydrogen-bond donors (Lipinski definition) is 4. The summed E-state index contributed by atoms with van der Waals surface area (Å²) in [5.74, 6) is -1.27. The average Bonchev–Trinajstić information content (AvgIpc) is 3.30. The first-order valence-corrected chi connectivity index (χ1v) is 26.7. The summed E-state index contributed by atoms with van der Waals surface area (Å²) in [7, 11) is -3.57. The van der Waals surface area contributed by atoms with E-state index in [1.165, 1.54) is 13.8 Å². The quantitative estimate of drug-likeness (QED) is 0.0367. The van der Waals surface area contributed by atoms with Gasteiger partial charge in [0.1, 0.15) is 5.41 Å². The predicted molar refractivity (Wildman–Crippen MR) is 266 cm³/mol. The first-order valence-electron chi connectivity index (χ1n) is 22.2. The Labute approximate surface area is 424 Å². The number of hydrogen-bond acceptors (Lipinski definition) is 12. The van der Waals surface area contributed by atoms with Crippen LogP contribution in [-0.4, -0.2) is 132 Å². The van der Waals surface area contributed by atoms with Crippen LogP contribution in [0.1, 0.15) is 59.1 Å². The third-order valence-electron chi connectivity index (χ3n) is 11.8. The van der Waals surface area contributed by atoms with Crippen molar-refractivity contribution in [2.45, 2.75) is 48.6 Å². The molecule has 2 atom stereocenters. The van der Waals surface area contributed by atoms with Crippen molar-refractivity contribution in [1.82, 2.24) is 30.0 Å². The van der Waals surface area contributed by atoms with Gasteiger partial charge in [-0.25, -0.2) is 31.8 Å². The summed E-state index contributed by atoms with van der Waals surface area (Å²) >= 11 is 25.6. The molecule has 4 N–H and O–H groups in total. The second-order valence-electron chi connectivity index (χ2n) is 17.3. The zero-order valence-electron chi connectivity index (χ0n) is 38.8. The topological polar surface area (TPSA) is 194 Å². The van der Waals surface area contributed by atoms with Gasteiger partial charge in [-0.05, 0) is 110 Å². The molecule has 6 rings (SSSR count). The van der Waals surface area contributed by atoms with Crippen LogP contribution in [0.15, 0.2) is 82.6 Å². The molecule has 0 aromatic heterocycles. The maximum Gasteiger partial charge on any atom is 0.258 e. The number of hydroxylamine groups is 1. The van der Waals surface area contributed by atoms with Gasteiger partial charge in [0.2, 0.25) is 26.0 Å². The Morgan fingerprint density at radius 2 is 1.00 bits per heavy atom. The van der Waals surface area contributed by atoms with E-state index in [1.807, 2.05) is 38.4 Å². The van der Waals surface area contributed by atoms with Crippen molar-refractivity contribution in [1.29, 1.82) is 0 Å². The highest BCUT2D eigenvalue weighted by Gasteiger charge is 2.36. The molecular weight excluding hydrogens is 1010 g/mol. The van der Waals surface area contributed by atoms with Gasteiger partial charge in [0, 0.05) is 77.7 Å². The van der Waals surface area contributed by atoms with Crippen molar-refractivity contribution in [3.05, 3.63) is 126 Å². The van der Waals surface area contributed by atoms with Crippen molar-refractivity contribution in [3.63, 3.8) is 0 Å². The molecule has 2 aliphatic heterocycles. The molecule has 0 saturated heterocycles. The van der Waals surface area contributed by atoms with Crippen LogP contribution >= 0.6 is 46.4 Å². The van der Waals surface area contributed by atoms with Crippen LogP contribution in [0, 0.1) is 5.41 Å². The lowest BCUT2D eigenvalue weighted by molar-refractivity contribution is -0.150. The van der Waals surface area contributed by atoms with Crippen LogP contribution in [0.3, 0.4) is 0 Å². The van der Waals surface area contributed by atoms with Gasteiger partial charge in [-0.15, -0.1) is 0 Å². The molecule has 2 heterocycles. The first-order chi connectivity index (χ1) is 32.8. The fourth-order valence-electron chi connectivity index (χ4n) is 8.01. The Balaban J connectivity index is 0.786. The molecule has 4 aromatic carbocycles. The second kappa shape index (κ2) is 24.8. The number of carbonyl (C=O) groups is 2. The second-order valence-corrected chi connectivity index (χ2v) is 22.6. The Kier molecular flexibility index (Phi) is 19.7. The number of ether oxygens (including phenoxy) is 3. The number of fused-ring (bicyclic) bond motifs is 2. The molecule has 0 spiro atoms. The van der Waals surface area contributed by atoms with E-state index >= 15 is 0 Å². The third kappa shape index (κ3) is 14.8. The van der Waals surface area contributed by atoms with Gasteiger partial charge in [0.15, 0.2) is 0 Å². The normalized spacial score (nSPS) is 16.8. The molecule has 0 bridgehead atoms. The van der Waals surface area contributed by atoms with Gasteiger partial charge in [-0.2, -0.15) is 0 Å². The lowest BCUT2D eigenvalue weighted by Crippen LogP contribution is -2.48. The first kappa shape index (κ1) is 54.9. The molecule has 0 aliphatic carbocycles. The average molecular weight is 1070 g/mol. The van der Waals surface area contributed by atoms with E-state index < -0.39 is 37.3 Å². The maximum atomic E-state index is 13.0. The van der Waals surface area contributed by atoms with Gasteiger partial charge in [-0.3, -0.25) is 14.4 Å². The van der Waals surface area contributed by atoms with E-state index in [0.29, 0.717) is 33.2 Å². The molecule has 0 fully saturated rings. The third-order valence-corrected chi connectivity index (χ3v) is 15.8. The number of carbonyl (C=O) groups excluding carboxylic acids is 2. The number of benzene rings is 4. The van der Waals surface area contributed by atoms with Crippen molar-refractivity contribution in [2.75, 3.05) is 93.1 Å². The van der Waals surface area contributed by atoms with Crippen molar-refractivity contribution >= 4 is 78.3 Å². The summed E-state index contributed by atoms with van der Waals surface area (Å²) in [4.78, 5) is 35.2. The van der Waals surface area contributed by atoms with E-state index in [0.717, 1.165) is 46.5 Å². The number of halogens is 4. The SMILES string of the molecule is CN1Cc2c(Cl)cc(Cl)cc2C(c2ccc(S(=O)(=O)NCCOCCOCCNC(=O)C(C)(C)C(=O)NOCCOCCNS(=O)(=O)c3ccc(C4CN(C)Cc5c(Cl)cc(Cl)cc54)cc3)cc2)C1. The van der Waals surface area contributed by atoms with E-state index in [1.54, 1.807) is 48.5 Å². The summed E-state index contributed by atoms with van der Waals surface area (Å²) in [5, 5.41) is 4.98. The minimum Gasteiger partial charge on any atom is -0.378 e. The van der Waals surface area contributed by atoms with Gasteiger partial charge < -0.3 is 29.3 Å². The summed E-state index contributed by atoms with van der Waals surface area (Å²) in [6, 6.07) is 20.8. The highest BCUT2D eigenvalue weighted by molar-refractivity contribution is 7.89. The summed E-state index contributed by atoms with van der Waals surface area (Å²) in [6.45, 7) is 6.62. The van der Waals surface area contributed by atoms with Gasteiger partial charge >= 0.3 is 0 Å². The van der Waals surface area contributed by atoms with Crippen LogP contribution in [0.4, 0.5) is 0 Å². The summed E-state index contributed by atoms with van der Waals surface area (Å²) < 4.78 is 73.3. The molecule has 16 nitrogen and oxygen atoms in total. The lowest BCUT2D eigenvalue weighted by Gasteiger charge is -2.33. The van der Waals surface area contributed by atoms with Crippen molar-refractivity contribution in [2.24, 2.45) is 5.41 Å². The number of nitrogens with zero attached hydrogens (tertiary/aromatic N) is 2. The van der Waals surface area contributed by atoms with Crippen LogP contribution in [0.5, 0.6) is 0 Å². The number of amides is 2. The fraction of sp³-hybridized carbons (Fsp3) is 0.447. The number of sulfonamides is 2. The lowest BCUT2D eigenvalue weighted by atomic mass is 9.85. The molecule has 2 amide bonds. The number of nitrogens with one attached hydrogen (secondary N) is 4. The summed E-state index contributed by atoms with van der Waals surface area (Å²) in [6.07, 6.45) is 0. The van der Waals surface area contributed by atoms with Gasteiger partial charge in [0.25, 0.3) is 5.91 Å². The molecule has 69 heavy (non-hydrogen) atoms. The minimum atomic E-state index is -3.81. The Bertz CT molecular complexity index is 2650. The molecular formula is C47H58Cl4N6O10S2. The van der Waals surface area contributed by atoms with E-state index in [2.05, 4.69) is 30.0 Å². The molecule has 376 valence electrons. The Morgan fingerprint density at radius 1 is 0.594 bits per heavy atom. The highest BCUT2D eigenvalue weighted by Crippen LogP contribution is 2.40. The predicted octanol–water partition coefficient (Wildman–Crippen LogP) is 5.95. The zero-order chi connectivity index (χ0) is 49.9. The van der Waals surface area contributed by atoms with E-state index in [4.69, 9.17) is 65.5 Å². The van der Waals surface area contributed by atoms with E-state index in [9.17, 15) is 26.4 Å². The Morgan fingerprint density at radius 3 is 1.43 bits per heavy atom. The van der Waals surface area contributed by atoms with Crippen LogP contribution < -0.4 is 20.2 Å². The van der Waals surface area contributed by atoms with E-state index in [-0.39, 0.29) is 87.5 Å². The molecule has 0 saturated carbocycles. The monoisotopic (exact) mass is 1070 g/mol. The minimum absolute atomic E-state index is 0.00290. The number of rotatable bonds is 24. The van der Waals surface area contributed by atoms with Crippen molar-refractivity contribution < 1.29 is 45.5 Å². The molecule has 0 radical (unpaired) electrons. The standard InChI is InChI=1S/C47H58Cl4N6O10S2/c1-47(2,46(59)55-67-22-21-66-18-15-54-69(62,63)36-11-7-32(8-12-36)40-28-57(4)30-42-38(40)24-34(49)26-44(42)51)45(58)52-13-16-64-19-20-65-17-14-53-68(60,61)35-9-5-31(6-10-35)39-27-56(3)29-41-37(39)23-33(48)25-43(41)50/h5-12,23-26,39-40,53-54H,13-22,27-30H2,1-4H3,(H,52,58)(H,55,59). The van der Waals surface area contributed by atoms with Crippen LogP contribution in [0.25, 0.3) is 0 Å². The van der Waals surface area contributed by atoms with Gasteiger partial charge in [0.05, 0.1) is 56.0 Å². The highest BCUT2D eigenvalue weighted by atomic mass is 35.5. The fourth-order valence-corrected chi connectivity index (χ4v) is 11.2. The largest absolute Gasteiger partial charge is 0.378 e. The smallest absolute Gasteiger partial charge is 0.258 e. The summed E-state index contributed by atoms with van der Waals surface area (Å²) in [5.41, 5.74) is 6.76. The molecule has 22 heteroatoms. The Hall–Kier alpha value is -3.44. The number of likely N-dealkylation sites (N-methyl/N-ethyl adjacent to an activating group) is 2. The maximum absolute atomic E-state index is 13.0. The van der Waals surface area contributed by atoms with Crippen LogP contribution in [-0.2, 0) is 61.8 Å². The van der Waals surface area contributed by atoms with Crippen molar-refractivity contribution in [3.8, 4) is 0 Å². The van der Waals surface area contributed by atoms with Crippen LogP contribution in [0.2, 0.25) is 20.1 Å².